The Bertz CT molecular complexity index is 501. The molecule has 2 aliphatic heterocycles. The number of Topliss-reactive ketones (excluding diaryl/α,β-unsaturated/α-hetero) is 1. The molecule has 116 valence electrons. The Morgan fingerprint density at radius 3 is 2.62 bits per heavy atom. The van der Waals surface area contributed by atoms with Gasteiger partial charge >= 0.3 is 0 Å². The summed E-state index contributed by atoms with van der Waals surface area (Å²) in [6.07, 6.45) is 8.09. The standard InChI is InChI=1S/C18H27NO2/c1-17-10-8-14-12(13(17)5-6-15(17)20)4-7-16(21)19-11-3-9-18(14,19)2/h12-14H,3-11H2,1-2H3. The van der Waals surface area contributed by atoms with Gasteiger partial charge in [0.2, 0.25) is 5.91 Å². The Morgan fingerprint density at radius 2 is 1.81 bits per heavy atom. The van der Waals surface area contributed by atoms with E-state index in [4.69, 9.17) is 0 Å². The molecule has 0 N–H and O–H groups in total. The summed E-state index contributed by atoms with van der Waals surface area (Å²) >= 11 is 0. The summed E-state index contributed by atoms with van der Waals surface area (Å²) in [5.41, 5.74) is -0.000430. The van der Waals surface area contributed by atoms with Gasteiger partial charge in [-0.3, -0.25) is 9.59 Å². The monoisotopic (exact) mass is 289 g/mol. The zero-order chi connectivity index (χ0) is 14.8. The van der Waals surface area contributed by atoms with Crippen LogP contribution < -0.4 is 0 Å². The third-order valence-corrected chi connectivity index (χ3v) is 7.62. The average molecular weight is 289 g/mol. The molecule has 2 saturated carbocycles. The second kappa shape index (κ2) is 4.33. The quantitative estimate of drug-likeness (QED) is 0.687. The van der Waals surface area contributed by atoms with Crippen LogP contribution in [0, 0.1) is 23.2 Å². The first kappa shape index (κ1) is 13.8. The lowest BCUT2D eigenvalue weighted by molar-refractivity contribution is -0.137. The van der Waals surface area contributed by atoms with Crippen molar-refractivity contribution in [3.63, 3.8) is 0 Å². The van der Waals surface area contributed by atoms with Gasteiger partial charge in [-0.1, -0.05) is 6.92 Å². The molecule has 4 aliphatic rings. The van der Waals surface area contributed by atoms with Crippen molar-refractivity contribution in [3.8, 4) is 0 Å². The molecule has 4 fully saturated rings. The summed E-state index contributed by atoms with van der Waals surface area (Å²) in [4.78, 5) is 27.1. The van der Waals surface area contributed by atoms with Gasteiger partial charge in [-0.15, -0.1) is 0 Å². The minimum atomic E-state index is -0.0751. The second-order valence-electron chi connectivity index (χ2n) is 8.34. The Labute approximate surface area is 127 Å². The van der Waals surface area contributed by atoms with E-state index >= 15 is 0 Å². The van der Waals surface area contributed by atoms with Crippen LogP contribution in [0.5, 0.6) is 0 Å². The molecular weight excluding hydrogens is 262 g/mol. The number of amides is 1. The molecule has 0 aromatic heterocycles. The van der Waals surface area contributed by atoms with Gasteiger partial charge in [0.1, 0.15) is 5.78 Å². The molecular formula is C18H27NO2. The lowest BCUT2D eigenvalue weighted by Crippen LogP contribution is -2.54. The molecule has 5 atom stereocenters. The predicted molar refractivity (Wildman–Crippen MR) is 80.6 cm³/mol. The highest BCUT2D eigenvalue weighted by Gasteiger charge is 2.59. The molecule has 2 saturated heterocycles. The zero-order valence-corrected chi connectivity index (χ0v) is 13.4. The van der Waals surface area contributed by atoms with Gasteiger partial charge in [0.05, 0.1) is 0 Å². The maximum absolute atomic E-state index is 12.5. The minimum Gasteiger partial charge on any atom is -0.337 e. The predicted octanol–water partition coefficient (Wildman–Crippen LogP) is 3.17. The van der Waals surface area contributed by atoms with E-state index in [1.807, 2.05) is 0 Å². The van der Waals surface area contributed by atoms with E-state index in [1.54, 1.807) is 0 Å². The van der Waals surface area contributed by atoms with Crippen LogP contribution in [-0.2, 0) is 9.59 Å². The highest BCUT2D eigenvalue weighted by atomic mass is 16.2. The first-order valence-corrected chi connectivity index (χ1v) is 8.80. The molecule has 3 nitrogen and oxygen atoms in total. The maximum atomic E-state index is 12.5. The van der Waals surface area contributed by atoms with Gasteiger partial charge < -0.3 is 4.90 Å². The summed E-state index contributed by atoms with van der Waals surface area (Å²) in [6.45, 7) is 5.50. The largest absolute Gasteiger partial charge is 0.337 e. The number of carbonyl (C=O) groups excluding carboxylic acids is 2. The smallest absolute Gasteiger partial charge is 0.223 e. The van der Waals surface area contributed by atoms with Crippen LogP contribution in [0.15, 0.2) is 0 Å². The fourth-order valence-corrected chi connectivity index (χ4v) is 6.44. The molecule has 5 unspecified atom stereocenters. The lowest BCUT2D eigenvalue weighted by atomic mass is 9.55. The van der Waals surface area contributed by atoms with Crippen LogP contribution >= 0.6 is 0 Å². The number of carbonyl (C=O) groups is 2. The van der Waals surface area contributed by atoms with Gasteiger partial charge in [-0.2, -0.15) is 0 Å². The van der Waals surface area contributed by atoms with E-state index in [2.05, 4.69) is 18.7 Å². The van der Waals surface area contributed by atoms with Gasteiger partial charge in [-0.25, -0.2) is 0 Å². The molecule has 0 spiro atoms. The number of nitrogens with zero attached hydrogens (tertiary/aromatic N) is 1. The zero-order valence-electron chi connectivity index (χ0n) is 13.4. The molecule has 0 aromatic carbocycles. The number of hydrogen-bond acceptors (Lipinski definition) is 2. The van der Waals surface area contributed by atoms with Gasteiger partial charge in [0.15, 0.2) is 0 Å². The Balaban J connectivity index is 1.73. The van der Waals surface area contributed by atoms with E-state index < -0.39 is 0 Å². The number of fused-ring (bicyclic) bond motifs is 5. The minimum absolute atomic E-state index is 0.0746. The topological polar surface area (TPSA) is 37.4 Å². The van der Waals surface area contributed by atoms with Crippen LogP contribution in [0.25, 0.3) is 0 Å². The maximum Gasteiger partial charge on any atom is 0.223 e. The Kier molecular flexibility index (Phi) is 2.84. The molecule has 1 amide bonds. The first-order valence-electron chi connectivity index (χ1n) is 8.80. The van der Waals surface area contributed by atoms with E-state index in [9.17, 15) is 9.59 Å². The SMILES string of the molecule is CC12CCC3C(CCC(=O)N4CCCC34C)C1CCC2=O. The van der Waals surface area contributed by atoms with E-state index in [0.29, 0.717) is 35.9 Å². The van der Waals surface area contributed by atoms with Crippen LogP contribution in [0.1, 0.15) is 65.2 Å². The van der Waals surface area contributed by atoms with Crippen molar-refractivity contribution in [2.75, 3.05) is 6.54 Å². The lowest BCUT2D eigenvalue weighted by Gasteiger charge is -2.51. The molecule has 3 heteroatoms. The summed E-state index contributed by atoms with van der Waals surface area (Å²) in [6, 6.07) is 0. The normalized spacial score (nSPS) is 49.6. The Hall–Kier alpha value is -0.860. The molecule has 2 heterocycles. The third kappa shape index (κ3) is 1.66. The highest BCUT2D eigenvalue weighted by molar-refractivity contribution is 5.87. The molecule has 2 aliphatic carbocycles. The van der Waals surface area contributed by atoms with Crippen molar-refractivity contribution in [2.45, 2.75) is 70.8 Å². The van der Waals surface area contributed by atoms with Gasteiger partial charge in [-0.05, 0) is 63.2 Å². The molecule has 4 rings (SSSR count). The van der Waals surface area contributed by atoms with Crippen LogP contribution in [0.4, 0.5) is 0 Å². The third-order valence-electron chi connectivity index (χ3n) is 7.62. The first-order chi connectivity index (χ1) is 9.97. The van der Waals surface area contributed by atoms with E-state index in [-0.39, 0.29) is 11.0 Å². The van der Waals surface area contributed by atoms with Crippen LogP contribution in [0.3, 0.4) is 0 Å². The van der Waals surface area contributed by atoms with Gasteiger partial charge in [0.25, 0.3) is 0 Å². The summed E-state index contributed by atoms with van der Waals surface area (Å²) < 4.78 is 0. The van der Waals surface area contributed by atoms with E-state index in [1.165, 1.54) is 0 Å². The molecule has 21 heavy (non-hydrogen) atoms. The highest BCUT2D eigenvalue weighted by Crippen LogP contribution is 2.60. The van der Waals surface area contributed by atoms with Crippen molar-refractivity contribution < 1.29 is 9.59 Å². The van der Waals surface area contributed by atoms with Crippen LogP contribution in [-0.4, -0.2) is 28.7 Å². The summed E-state index contributed by atoms with van der Waals surface area (Å²) in [5, 5.41) is 0. The van der Waals surface area contributed by atoms with Crippen molar-refractivity contribution in [3.05, 3.63) is 0 Å². The molecule has 0 radical (unpaired) electrons. The molecule has 0 aromatic rings. The summed E-state index contributed by atoms with van der Waals surface area (Å²) in [5.74, 6) is 2.61. The van der Waals surface area contributed by atoms with E-state index in [0.717, 1.165) is 51.5 Å². The number of hydrogen-bond donors (Lipinski definition) is 0. The second-order valence-corrected chi connectivity index (χ2v) is 8.34. The fourth-order valence-electron chi connectivity index (χ4n) is 6.44. The fraction of sp³-hybridized carbons (Fsp3) is 0.889. The van der Waals surface area contributed by atoms with Crippen molar-refractivity contribution >= 4 is 11.7 Å². The van der Waals surface area contributed by atoms with Gasteiger partial charge in [0, 0.05) is 30.3 Å². The number of ketones is 1. The molecule has 0 bridgehead atoms. The van der Waals surface area contributed by atoms with Crippen molar-refractivity contribution in [1.29, 1.82) is 0 Å². The summed E-state index contributed by atoms with van der Waals surface area (Å²) in [7, 11) is 0. The Morgan fingerprint density at radius 1 is 1.00 bits per heavy atom. The van der Waals surface area contributed by atoms with Crippen molar-refractivity contribution in [1.82, 2.24) is 4.90 Å². The van der Waals surface area contributed by atoms with Crippen LogP contribution in [0.2, 0.25) is 0 Å². The average Bonchev–Trinajstić information content (AvgIpc) is 2.95. The number of rotatable bonds is 0. The van der Waals surface area contributed by atoms with Crippen molar-refractivity contribution in [2.24, 2.45) is 23.2 Å².